The lowest BCUT2D eigenvalue weighted by Crippen LogP contribution is -2.52. The van der Waals surface area contributed by atoms with Gasteiger partial charge in [0.25, 0.3) is 0 Å². The largest absolute Gasteiger partial charge is 0.346 e. The van der Waals surface area contributed by atoms with Crippen LogP contribution in [-0.2, 0) is 14.3 Å². The van der Waals surface area contributed by atoms with Gasteiger partial charge in [0.05, 0.1) is 22.0 Å². The Hall–Kier alpha value is 0.290. The molecule has 0 N–H and O–H groups in total. The molecule has 1 heterocycles. The van der Waals surface area contributed by atoms with Crippen molar-refractivity contribution in [3.63, 3.8) is 0 Å². The van der Waals surface area contributed by atoms with Crippen molar-refractivity contribution in [1.29, 1.82) is 0 Å². The minimum atomic E-state index is -0.548. The summed E-state index contributed by atoms with van der Waals surface area (Å²) in [7, 11) is 0. The van der Waals surface area contributed by atoms with E-state index in [0.29, 0.717) is 25.0 Å². The lowest BCUT2D eigenvalue weighted by Gasteiger charge is -2.47. The van der Waals surface area contributed by atoms with Gasteiger partial charge in [0.15, 0.2) is 11.6 Å². The maximum atomic E-state index is 12.5. The molecule has 1 saturated heterocycles. The van der Waals surface area contributed by atoms with Gasteiger partial charge in [-0.05, 0) is 40.6 Å². The van der Waals surface area contributed by atoms with Gasteiger partial charge >= 0.3 is 0 Å². The first-order valence-corrected chi connectivity index (χ1v) is 8.58. The quantitative estimate of drug-likeness (QED) is 0.597. The first-order chi connectivity index (χ1) is 9.11. The van der Waals surface area contributed by atoms with Gasteiger partial charge in [-0.2, -0.15) is 0 Å². The predicted octanol–water partition coefficient (Wildman–Crippen LogP) is 2.63. The molecule has 0 aromatic heterocycles. The third-order valence-electron chi connectivity index (χ3n) is 6.14. The van der Waals surface area contributed by atoms with Gasteiger partial charge in [-0.1, -0.05) is 22.0 Å². The molecule has 5 rings (SSSR count). The highest BCUT2D eigenvalue weighted by atomic mass is 79.9. The first kappa shape index (κ1) is 11.9. The normalized spacial score (nSPS) is 56.2. The van der Waals surface area contributed by atoms with Crippen molar-refractivity contribution >= 4 is 37.6 Å². The van der Waals surface area contributed by atoms with E-state index in [0.717, 1.165) is 4.48 Å². The summed E-state index contributed by atoms with van der Waals surface area (Å²) in [6, 6.07) is 0. The van der Waals surface area contributed by atoms with Crippen molar-refractivity contribution in [3.8, 4) is 0 Å². The fourth-order valence-corrected chi connectivity index (χ4v) is 7.56. The van der Waals surface area contributed by atoms with E-state index in [-0.39, 0.29) is 27.9 Å². The van der Waals surface area contributed by atoms with Gasteiger partial charge in [0.1, 0.15) is 0 Å². The number of ether oxygens (including phenoxy) is 2. The van der Waals surface area contributed by atoms with E-state index in [1.54, 1.807) is 0 Å². The number of ketones is 1. The fourth-order valence-electron chi connectivity index (χ4n) is 5.53. The van der Waals surface area contributed by atoms with Crippen LogP contribution in [0.2, 0.25) is 0 Å². The van der Waals surface area contributed by atoms with Crippen molar-refractivity contribution < 1.29 is 14.3 Å². The molecule has 3 saturated carbocycles. The molecule has 4 aliphatic carbocycles. The summed E-state index contributed by atoms with van der Waals surface area (Å²) in [5.74, 6) is 1.40. The number of rotatable bonds is 0. The first-order valence-electron chi connectivity index (χ1n) is 6.99. The third-order valence-corrected chi connectivity index (χ3v) is 8.47. The highest BCUT2D eigenvalue weighted by molar-refractivity contribution is 9.12. The van der Waals surface area contributed by atoms with Crippen LogP contribution < -0.4 is 0 Å². The Kier molecular flexibility index (Phi) is 2.11. The summed E-state index contributed by atoms with van der Waals surface area (Å²) in [5, 5.41) is 0. The summed E-state index contributed by atoms with van der Waals surface area (Å²) in [4.78, 5) is 12.5. The topological polar surface area (TPSA) is 35.5 Å². The van der Waals surface area contributed by atoms with Gasteiger partial charge < -0.3 is 9.47 Å². The number of halogens is 2. The molecular formula is C14H14Br2O3. The summed E-state index contributed by atoms with van der Waals surface area (Å²) in [5.41, 5.74) is 0. The average Bonchev–Trinajstić information content (AvgIpc) is 2.99. The van der Waals surface area contributed by atoms with Crippen LogP contribution in [0.5, 0.6) is 0 Å². The average molecular weight is 390 g/mol. The number of fused-ring (bicyclic) bond motifs is 6. The second-order valence-electron chi connectivity index (χ2n) is 6.44. The van der Waals surface area contributed by atoms with E-state index in [4.69, 9.17) is 9.47 Å². The van der Waals surface area contributed by atoms with Crippen LogP contribution in [0.25, 0.3) is 0 Å². The molecule has 0 radical (unpaired) electrons. The van der Waals surface area contributed by atoms with Gasteiger partial charge in [0, 0.05) is 17.8 Å². The molecule has 0 unspecified atom stereocenters. The minimum absolute atomic E-state index is 0.0494. The SMILES string of the molecule is O=C1C(Br)=C[C@H]2[C@H]1[C@H]1[C@H]3CC[C@@H]3[C@@]2(Br)C12OCCO2. The molecule has 6 atom stereocenters. The van der Waals surface area contributed by atoms with Crippen LogP contribution in [0.15, 0.2) is 10.6 Å². The minimum Gasteiger partial charge on any atom is -0.346 e. The van der Waals surface area contributed by atoms with Gasteiger partial charge in [-0.3, -0.25) is 4.79 Å². The van der Waals surface area contributed by atoms with Crippen molar-refractivity contribution in [2.75, 3.05) is 13.2 Å². The Morgan fingerprint density at radius 1 is 1.26 bits per heavy atom. The molecule has 5 aliphatic rings. The number of carbonyl (C=O) groups is 1. The highest BCUT2D eigenvalue weighted by Crippen LogP contribution is 2.78. The van der Waals surface area contributed by atoms with E-state index in [1.165, 1.54) is 12.8 Å². The van der Waals surface area contributed by atoms with Crippen LogP contribution in [0, 0.1) is 29.6 Å². The lowest BCUT2D eigenvalue weighted by molar-refractivity contribution is -0.187. The van der Waals surface area contributed by atoms with E-state index in [2.05, 4.69) is 37.9 Å². The molecule has 0 amide bonds. The molecule has 102 valence electrons. The Labute approximate surface area is 128 Å². The molecular weight excluding hydrogens is 376 g/mol. The second kappa shape index (κ2) is 3.37. The zero-order chi connectivity index (χ0) is 13.0. The van der Waals surface area contributed by atoms with Crippen LogP contribution in [0.4, 0.5) is 0 Å². The maximum absolute atomic E-state index is 12.5. The molecule has 0 aromatic rings. The number of hydrogen-bond donors (Lipinski definition) is 0. The smallest absolute Gasteiger partial charge is 0.188 e. The molecule has 1 aliphatic heterocycles. The summed E-state index contributed by atoms with van der Waals surface area (Å²) >= 11 is 7.45. The van der Waals surface area contributed by atoms with Crippen LogP contribution in [-0.4, -0.2) is 29.1 Å². The Bertz CT molecular complexity index is 525. The molecule has 3 nitrogen and oxygen atoms in total. The van der Waals surface area contributed by atoms with Crippen LogP contribution in [0.3, 0.4) is 0 Å². The Morgan fingerprint density at radius 2 is 2.00 bits per heavy atom. The highest BCUT2D eigenvalue weighted by Gasteiger charge is 2.84. The molecule has 19 heavy (non-hydrogen) atoms. The third kappa shape index (κ3) is 1.01. The van der Waals surface area contributed by atoms with E-state index in [9.17, 15) is 4.79 Å². The summed E-state index contributed by atoms with van der Waals surface area (Å²) < 4.78 is 12.8. The maximum Gasteiger partial charge on any atom is 0.188 e. The van der Waals surface area contributed by atoms with E-state index in [1.807, 2.05) is 0 Å². The lowest BCUT2D eigenvalue weighted by atomic mass is 9.59. The van der Waals surface area contributed by atoms with Crippen LogP contribution >= 0.6 is 31.9 Å². The van der Waals surface area contributed by atoms with E-state index < -0.39 is 5.79 Å². The number of alkyl halides is 1. The molecule has 1 spiro atoms. The van der Waals surface area contributed by atoms with Gasteiger partial charge in [-0.25, -0.2) is 0 Å². The van der Waals surface area contributed by atoms with Crippen molar-refractivity contribution in [2.45, 2.75) is 23.0 Å². The summed E-state index contributed by atoms with van der Waals surface area (Å²) in [6.45, 7) is 1.31. The second-order valence-corrected chi connectivity index (χ2v) is 8.60. The number of allylic oxidation sites excluding steroid dienone is 2. The Balaban J connectivity index is 1.74. The number of carbonyl (C=O) groups excluding carboxylic acids is 1. The van der Waals surface area contributed by atoms with Crippen molar-refractivity contribution in [3.05, 3.63) is 10.6 Å². The summed E-state index contributed by atoms with van der Waals surface area (Å²) in [6.07, 6.45) is 4.54. The number of Topliss-reactive ketones (excluding diaryl/α,β-unsaturated/α-hetero) is 1. The monoisotopic (exact) mass is 388 g/mol. The molecule has 5 heteroatoms. The Morgan fingerprint density at radius 3 is 2.63 bits per heavy atom. The van der Waals surface area contributed by atoms with Crippen LogP contribution in [0.1, 0.15) is 12.8 Å². The zero-order valence-electron chi connectivity index (χ0n) is 10.3. The molecule has 4 fully saturated rings. The standard InChI is InChI=1S/C14H14Br2O3/c15-9-5-8-10(12(9)17)11-6-1-2-7(6)13(8,16)14(11)18-3-4-19-14/h5-8,10-11H,1-4H2/t6-,7-,8-,10-,11+,13-/m0/s1. The van der Waals surface area contributed by atoms with Crippen molar-refractivity contribution in [2.24, 2.45) is 29.6 Å². The molecule has 0 aromatic carbocycles. The predicted molar refractivity (Wildman–Crippen MR) is 75.0 cm³/mol. The fraction of sp³-hybridized carbons (Fsp3) is 0.786. The van der Waals surface area contributed by atoms with E-state index >= 15 is 0 Å². The zero-order valence-corrected chi connectivity index (χ0v) is 13.4. The number of hydrogen-bond acceptors (Lipinski definition) is 3. The van der Waals surface area contributed by atoms with Gasteiger partial charge in [-0.15, -0.1) is 0 Å². The van der Waals surface area contributed by atoms with Gasteiger partial charge in [0.2, 0.25) is 0 Å². The van der Waals surface area contributed by atoms with Crippen molar-refractivity contribution in [1.82, 2.24) is 0 Å². The molecule has 2 bridgehead atoms.